The summed E-state index contributed by atoms with van der Waals surface area (Å²) in [5, 5.41) is 0. The van der Waals surface area contributed by atoms with Crippen LogP contribution in [0.2, 0.25) is 0 Å². The first kappa shape index (κ1) is 17.3. The van der Waals surface area contributed by atoms with Crippen LogP contribution >= 0.6 is 0 Å². The second kappa shape index (κ2) is 7.22. The summed E-state index contributed by atoms with van der Waals surface area (Å²) in [5.74, 6) is 0. The van der Waals surface area contributed by atoms with E-state index in [1.165, 1.54) is 0 Å². The average Bonchev–Trinajstić information content (AvgIpc) is 2.75. The first-order valence-electron chi connectivity index (χ1n) is 8.71. The Bertz CT molecular complexity index is 1150. The molecule has 0 N–H and O–H groups in total. The van der Waals surface area contributed by atoms with Crippen molar-refractivity contribution in [3.63, 3.8) is 0 Å². The molecule has 0 aliphatic rings. The molecule has 0 aliphatic heterocycles. The highest BCUT2D eigenvalue weighted by atomic mass is 32.2. The molecule has 0 atom stereocenters. The highest BCUT2D eigenvalue weighted by Crippen LogP contribution is 2.34. The van der Waals surface area contributed by atoms with Crippen molar-refractivity contribution in [1.29, 1.82) is 0 Å². The summed E-state index contributed by atoms with van der Waals surface area (Å²) in [6, 6.07) is 33.7. The van der Waals surface area contributed by atoms with Gasteiger partial charge in [-0.2, -0.15) is 0 Å². The van der Waals surface area contributed by atoms with Gasteiger partial charge < -0.3 is 0 Å². The van der Waals surface area contributed by atoms with Crippen LogP contribution in [0.25, 0.3) is 22.3 Å². The van der Waals surface area contributed by atoms with E-state index in [9.17, 15) is 8.42 Å². The Kier molecular flexibility index (Phi) is 4.61. The molecule has 0 amide bonds. The third-order valence-electron chi connectivity index (χ3n) is 4.52. The van der Waals surface area contributed by atoms with Crippen LogP contribution in [0.15, 0.2) is 119 Å². The van der Waals surface area contributed by atoms with Crippen LogP contribution in [0.4, 0.5) is 0 Å². The zero-order valence-corrected chi connectivity index (χ0v) is 15.4. The maximum atomic E-state index is 13.4. The van der Waals surface area contributed by atoms with Crippen molar-refractivity contribution >= 4 is 9.84 Å². The molecule has 4 rings (SSSR count). The summed E-state index contributed by atoms with van der Waals surface area (Å²) in [7, 11) is -3.65. The van der Waals surface area contributed by atoms with Gasteiger partial charge >= 0.3 is 0 Å². The molecule has 2 nitrogen and oxygen atoms in total. The standard InChI is InChI=1S/C24H18O2S/c25-27(26,22-14-8-3-9-15-22)24-18-21(19-10-4-1-5-11-19)16-17-23(24)20-12-6-2-7-13-20/h1-18H. The molecule has 0 aromatic heterocycles. The second-order valence-electron chi connectivity index (χ2n) is 6.26. The quantitative estimate of drug-likeness (QED) is 0.451. The van der Waals surface area contributed by atoms with Gasteiger partial charge in [-0.3, -0.25) is 0 Å². The van der Waals surface area contributed by atoms with Gasteiger partial charge in [0.15, 0.2) is 0 Å². The summed E-state index contributed by atoms with van der Waals surface area (Å²) in [6.45, 7) is 0. The average molecular weight is 370 g/mol. The highest BCUT2D eigenvalue weighted by molar-refractivity contribution is 7.91. The molecule has 0 spiro atoms. The Morgan fingerprint density at radius 2 is 1.00 bits per heavy atom. The molecule has 0 radical (unpaired) electrons. The summed E-state index contributed by atoms with van der Waals surface area (Å²) >= 11 is 0. The molecule has 4 aromatic rings. The first-order chi connectivity index (χ1) is 13.2. The SMILES string of the molecule is O=S(=O)(c1ccccc1)c1cc(-c2ccccc2)ccc1-c1ccccc1. The fraction of sp³-hybridized carbons (Fsp3) is 0. The Morgan fingerprint density at radius 1 is 0.481 bits per heavy atom. The van der Waals surface area contributed by atoms with E-state index in [2.05, 4.69) is 0 Å². The van der Waals surface area contributed by atoms with Crippen LogP contribution in [-0.4, -0.2) is 8.42 Å². The summed E-state index contributed by atoms with van der Waals surface area (Å²) < 4.78 is 26.8. The normalized spacial score (nSPS) is 11.3. The van der Waals surface area contributed by atoms with Gasteiger partial charge in [0, 0.05) is 5.56 Å². The molecule has 0 saturated heterocycles. The number of sulfone groups is 1. The fourth-order valence-electron chi connectivity index (χ4n) is 3.14. The zero-order chi connectivity index (χ0) is 18.7. The van der Waals surface area contributed by atoms with Crippen LogP contribution < -0.4 is 0 Å². The van der Waals surface area contributed by atoms with E-state index in [1.54, 1.807) is 30.3 Å². The number of hydrogen-bond acceptors (Lipinski definition) is 2. The molecule has 132 valence electrons. The zero-order valence-electron chi connectivity index (χ0n) is 14.6. The van der Waals surface area contributed by atoms with Crippen LogP contribution in [0, 0.1) is 0 Å². The van der Waals surface area contributed by atoms with Crippen LogP contribution in [0.3, 0.4) is 0 Å². The van der Waals surface area contributed by atoms with Gasteiger partial charge in [-0.1, -0.05) is 91.0 Å². The van der Waals surface area contributed by atoms with Crippen LogP contribution in [-0.2, 0) is 9.84 Å². The molecular formula is C24H18O2S. The van der Waals surface area contributed by atoms with E-state index >= 15 is 0 Å². The summed E-state index contributed by atoms with van der Waals surface area (Å²) in [4.78, 5) is 0.619. The Morgan fingerprint density at radius 3 is 1.59 bits per heavy atom. The molecule has 0 heterocycles. The van der Waals surface area contributed by atoms with E-state index in [0.717, 1.165) is 16.7 Å². The van der Waals surface area contributed by atoms with Crippen molar-refractivity contribution < 1.29 is 8.42 Å². The maximum absolute atomic E-state index is 13.4. The van der Waals surface area contributed by atoms with E-state index in [4.69, 9.17) is 0 Å². The number of hydrogen-bond donors (Lipinski definition) is 0. The summed E-state index contributed by atoms with van der Waals surface area (Å²) in [6.07, 6.45) is 0. The van der Waals surface area contributed by atoms with Crippen molar-refractivity contribution in [2.24, 2.45) is 0 Å². The van der Waals surface area contributed by atoms with E-state index in [0.29, 0.717) is 15.4 Å². The first-order valence-corrected chi connectivity index (χ1v) is 10.2. The minimum absolute atomic E-state index is 0.299. The van der Waals surface area contributed by atoms with Gasteiger partial charge in [-0.25, -0.2) is 8.42 Å². The largest absolute Gasteiger partial charge is 0.218 e. The maximum Gasteiger partial charge on any atom is 0.207 e. The van der Waals surface area contributed by atoms with Gasteiger partial charge in [-0.05, 0) is 34.9 Å². The smallest absolute Gasteiger partial charge is 0.207 e. The third kappa shape index (κ3) is 3.42. The van der Waals surface area contributed by atoms with Crippen molar-refractivity contribution in [1.82, 2.24) is 0 Å². The molecule has 3 heteroatoms. The van der Waals surface area contributed by atoms with Gasteiger partial charge in [0.25, 0.3) is 0 Å². The minimum atomic E-state index is -3.65. The monoisotopic (exact) mass is 370 g/mol. The third-order valence-corrected chi connectivity index (χ3v) is 6.33. The summed E-state index contributed by atoms with van der Waals surface area (Å²) in [5.41, 5.74) is 3.46. The van der Waals surface area contributed by atoms with Crippen molar-refractivity contribution in [2.75, 3.05) is 0 Å². The predicted molar refractivity (Wildman–Crippen MR) is 109 cm³/mol. The molecular weight excluding hydrogens is 352 g/mol. The van der Waals surface area contributed by atoms with E-state index in [1.807, 2.05) is 78.9 Å². The number of rotatable bonds is 4. The van der Waals surface area contributed by atoms with E-state index < -0.39 is 9.84 Å². The topological polar surface area (TPSA) is 34.1 Å². The number of benzene rings is 4. The van der Waals surface area contributed by atoms with Crippen LogP contribution in [0.5, 0.6) is 0 Å². The molecule has 0 fully saturated rings. The lowest BCUT2D eigenvalue weighted by Crippen LogP contribution is -2.04. The molecule has 0 aliphatic carbocycles. The lowest BCUT2D eigenvalue weighted by Gasteiger charge is -2.13. The van der Waals surface area contributed by atoms with Crippen LogP contribution in [0.1, 0.15) is 0 Å². The molecule has 0 bridgehead atoms. The minimum Gasteiger partial charge on any atom is -0.218 e. The molecule has 4 aromatic carbocycles. The van der Waals surface area contributed by atoms with Crippen molar-refractivity contribution in [2.45, 2.75) is 9.79 Å². The van der Waals surface area contributed by atoms with Gasteiger partial charge in [0.2, 0.25) is 9.84 Å². The van der Waals surface area contributed by atoms with Crippen molar-refractivity contribution in [3.05, 3.63) is 109 Å². The van der Waals surface area contributed by atoms with Gasteiger partial charge in [0.05, 0.1) is 9.79 Å². The second-order valence-corrected chi connectivity index (χ2v) is 8.18. The van der Waals surface area contributed by atoms with Gasteiger partial charge in [0.1, 0.15) is 0 Å². The molecule has 0 saturated carbocycles. The lowest BCUT2D eigenvalue weighted by molar-refractivity contribution is 0.596. The molecule has 27 heavy (non-hydrogen) atoms. The fourth-order valence-corrected chi connectivity index (χ4v) is 4.66. The van der Waals surface area contributed by atoms with E-state index in [-0.39, 0.29) is 0 Å². The van der Waals surface area contributed by atoms with Crippen molar-refractivity contribution in [3.8, 4) is 22.3 Å². The lowest BCUT2D eigenvalue weighted by atomic mass is 10.0. The Balaban J connectivity index is 1.96. The Hall–Kier alpha value is -3.17. The predicted octanol–water partition coefficient (Wildman–Crippen LogP) is 5.85. The van der Waals surface area contributed by atoms with Gasteiger partial charge in [-0.15, -0.1) is 0 Å². The highest BCUT2D eigenvalue weighted by Gasteiger charge is 2.22. The molecule has 0 unspecified atom stereocenters. The Labute approximate surface area is 159 Å².